The lowest BCUT2D eigenvalue weighted by Gasteiger charge is -2.16. The van der Waals surface area contributed by atoms with Crippen LogP contribution in [-0.2, 0) is 0 Å². The molecule has 0 unspecified atom stereocenters. The average Bonchev–Trinajstić information content (AvgIpc) is 3.03. The zero-order chi connectivity index (χ0) is 18.1. The maximum Gasteiger partial charge on any atom is 0.186 e. The monoisotopic (exact) mass is 363 g/mol. The quantitative estimate of drug-likeness (QED) is 0.438. The Morgan fingerprint density at radius 1 is 1.08 bits per heavy atom. The van der Waals surface area contributed by atoms with E-state index >= 15 is 0 Å². The Hall–Kier alpha value is -1.69. The van der Waals surface area contributed by atoms with Crippen LogP contribution in [0.1, 0.15) is 59.3 Å². The number of thiazole rings is 1. The summed E-state index contributed by atoms with van der Waals surface area (Å²) in [5.74, 6) is 0.762. The third kappa shape index (κ3) is 5.39. The molecule has 1 aromatic heterocycles. The van der Waals surface area contributed by atoms with E-state index < -0.39 is 0 Å². The Morgan fingerprint density at radius 2 is 1.80 bits per heavy atom. The predicted octanol–water partition coefficient (Wildman–Crippen LogP) is 4.72. The van der Waals surface area contributed by atoms with Crippen LogP contribution in [0, 0.1) is 0 Å². The number of rotatable bonds is 12. The molecule has 0 saturated heterocycles. The van der Waals surface area contributed by atoms with Crippen molar-refractivity contribution in [3.05, 3.63) is 12.1 Å². The van der Waals surface area contributed by atoms with Gasteiger partial charge in [-0.2, -0.15) is 5.53 Å². The van der Waals surface area contributed by atoms with E-state index in [1.54, 1.807) is 11.3 Å². The van der Waals surface area contributed by atoms with Gasteiger partial charge in [-0.05, 0) is 25.4 Å². The lowest BCUT2D eigenvalue weighted by molar-refractivity contribution is -0.210. The van der Waals surface area contributed by atoms with Gasteiger partial charge in [0.15, 0.2) is 16.6 Å². The summed E-state index contributed by atoms with van der Waals surface area (Å²) >= 11 is 1.69. The minimum Gasteiger partial charge on any atom is -0.491 e. The van der Waals surface area contributed by atoms with Crippen LogP contribution in [0.5, 0.6) is 5.75 Å². The molecule has 0 aliphatic carbocycles. The molecule has 25 heavy (non-hydrogen) atoms. The first-order valence-electron chi connectivity index (χ1n) is 9.46. The molecule has 0 aliphatic rings. The predicted molar refractivity (Wildman–Crippen MR) is 106 cm³/mol. The number of ether oxygens (including phenoxy) is 1. The van der Waals surface area contributed by atoms with E-state index in [-0.39, 0.29) is 0 Å². The Morgan fingerprint density at radius 3 is 2.48 bits per heavy atom. The van der Waals surface area contributed by atoms with E-state index in [9.17, 15) is 0 Å². The van der Waals surface area contributed by atoms with Crippen LogP contribution in [0.3, 0.4) is 0 Å². The van der Waals surface area contributed by atoms with Crippen LogP contribution in [0.4, 0.5) is 10.8 Å². The molecule has 2 rings (SSSR count). The van der Waals surface area contributed by atoms with Crippen LogP contribution in [0.2, 0.25) is 0 Å². The van der Waals surface area contributed by atoms with Gasteiger partial charge in [0, 0.05) is 25.2 Å². The number of hydrogen-bond acceptors (Lipinski definition) is 5. The Bertz CT molecular complexity index is 667. The highest BCUT2D eigenvalue weighted by Gasteiger charge is 2.14. The van der Waals surface area contributed by atoms with Crippen molar-refractivity contribution >= 4 is 32.4 Å². The summed E-state index contributed by atoms with van der Waals surface area (Å²) in [6, 6.07) is 3.96. The summed E-state index contributed by atoms with van der Waals surface area (Å²) in [5.41, 5.74) is 7.17. The van der Waals surface area contributed by atoms with Gasteiger partial charge >= 0.3 is 0 Å². The Labute approximate surface area is 154 Å². The van der Waals surface area contributed by atoms with Crippen molar-refractivity contribution in [2.24, 2.45) is 5.11 Å². The van der Waals surface area contributed by atoms with Crippen molar-refractivity contribution in [1.29, 1.82) is 0 Å². The highest BCUT2D eigenvalue weighted by atomic mass is 32.1. The van der Waals surface area contributed by atoms with Gasteiger partial charge in [0.05, 0.1) is 16.8 Å². The van der Waals surface area contributed by atoms with E-state index in [0.29, 0.717) is 12.3 Å². The molecule has 0 radical (unpaired) electrons. The molecule has 0 amide bonds. The van der Waals surface area contributed by atoms with Gasteiger partial charge in [0.2, 0.25) is 0 Å². The summed E-state index contributed by atoms with van der Waals surface area (Å²) in [6.45, 7) is 9.14. The van der Waals surface area contributed by atoms with Crippen LogP contribution < -0.4 is 15.2 Å². The van der Waals surface area contributed by atoms with E-state index in [1.807, 2.05) is 12.1 Å². The fourth-order valence-electron chi connectivity index (χ4n) is 2.84. The van der Waals surface area contributed by atoms with Gasteiger partial charge in [-0.15, -0.1) is 0 Å². The number of fused-ring (bicyclic) bond motifs is 1. The molecule has 6 heteroatoms. The van der Waals surface area contributed by atoms with E-state index in [4.69, 9.17) is 15.3 Å². The second-order valence-corrected chi connectivity index (χ2v) is 7.21. The van der Waals surface area contributed by atoms with Crippen molar-refractivity contribution in [2.45, 2.75) is 59.3 Å². The van der Waals surface area contributed by atoms with Gasteiger partial charge in [-0.3, -0.25) is 0 Å². The minimum atomic E-state index is 0.676. The van der Waals surface area contributed by atoms with Gasteiger partial charge in [0.25, 0.3) is 0 Å². The van der Waals surface area contributed by atoms with E-state index in [2.05, 4.69) is 30.8 Å². The summed E-state index contributed by atoms with van der Waals surface area (Å²) < 4.78 is 7.07. The van der Waals surface area contributed by atoms with Crippen LogP contribution in [-0.4, -0.2) is 24.7 Å². The van der Waals surface area contributed by atoms with Crippen molar-refractivity contribution in [3.63, 3.8) is 0 Å². The molecule has 5 nitrogen and oxygen atoms in total. The largest absolute Gasteiger partial charge is 0.491 e. The van der Waals surface area contributed by atoms with Gasteiger partial charge < -0.3 is 9.64 Å². The zero-order valence-corrected chi connectivity index (χ0v) is 16.6. The lowest BCUT2D eigenvalue weighted by Crippen LogP contribution is -2.22. The smallest absolute Gasteiger partial charge is 0.186 e. The Balaban J connectivity index is 2.02. The number of nitrogens with two attached hydrogens (primary N) is 1. The molecule has 0 bridgehead atoms. The van der Waals surface area contributed by atoms with E-state index in [0.717, 1.165) is 40.6 Å². The third-order valence-corrected chi connectivity index (χ3v) is 5.47. The molecular weight excluding hydrogens is 332 g/mol. The SMILES string of the molecule is CCCCCCCCOc1cc2sc(N(CC)CC)nc2cc1N=[NH2+]. The van der Waals surface area contributed by atoms with Gasteiger partial charge in [-0.1, -0.05) is 50.4 Å². The number of unbranched alkanes of at least 4 members (excludes halogenated alkanes) is 5. The number of anilines is 1. The van der Waals surface area contributed by atoms with Crippen molar-refractivity contribution in [1.82, 2.24) is 4.98 Å². The fraction of sp³-hybridized carbons (Fsp3) is 0.632. The van der Waals surface area contributed by atoms with Gasteiger partial charge in [-0.25, -0.2) is 4.98 Å². The maximum absolute atomic E-state index is 5.96. The molecule has 0 spiro atoms. The summed E-state index contributed by atoms with van der Waals surface area (Å²) in [7, 11) is 0. The fourth-order valence-corrected chi connectivity index (χ4v) is 3.95. The number of nitrogens with zero attached hydrogens (tertiary/aromatic N) is 3. The number of aromatic nitrogens is 1. The molecule has 0 fully saturated rings. The number of benzene rings is 1. The molecule has 0 atom stereocenters. The Kier molecular flexibility index (Phi) is 8.12. The van der Waals surface area contributed by atoms with Crippen molar-refractivity contribution < 1.29 is 10.3 Å². The topological polar surface area (TPSA) is 63.3 Å². The molecule has 0 saturated carbocycles. The second kappa shape index (κ2) is 10.3. The van der Waals surface area contributed by atoms with Crippen LogP contribution >= 0.6 is 11.3 Å². The normalized spacial score (nSPS) is 11.0. The molecule has 1 heterocycles. The van der Waals surface area contributed by atoms with Gasteiger partial charge in [0.1, 0.15) is 0 Å². The molecule has 2 N–H and O–H groups in total. The summed E-state index contributed by atoms with van der Waals surface area (Å²) in [6.07, 6.45) is 7.49. The molecule has 2 aromatic rings. The molecule has 138 valence electrons. The van der Waals surface area contributed by atoms with Crippen LogP contribution in [0.15, 0.2) is 17.2 Å². The molecule has 0 aliphatic heterocycles. The first-order chi connectivity index (χ1) is 12.2. The summed E-state index contributed by atoms with van der Waals surface area (Å²) in [4.78, 5) is 6.97. The average molecular weight is 364 g/mol. The highest BCUT2D eigenvalue weighted by Crippen LogP contribution is 2.37. The summed E-state index contributed by atoms with van der Waals surface area (Å²) in [5, 5.41) is 4.92. The van der Waals surface area contributed by atoms with E-state index in [1.165, 1.54) is 32.1 Å². The molecule has 1 aromatic carbocycles. The maximum atomic E-state index is 5.96. The van der Waals surface area contributed by atoms with Crippen LogP contribution in [0.25, 0.3) is 10.2 Å². The zero-order valence-electron chi connectivity index (χ0n) is 15.8. The standard InChI is InChI=1S/C19H30N4OS/c1-4-7-8-9-10-11-12-24-17-14-18-16(13-15(17)22-20)21-19(25-18)23(5-2)6-3/h13-14,20H,4-12H2,1-3H3/p+1. The first kappa shape index (κ1) is 19.6. The lowest BCUT2D eigenvalue weighted by atomic mass is 10.1. The molecular formula is C19H31N4OS+. The first-order valence-corrected chi connectivity index (χ1v) is 10.3. The van der Waals surface area contributed by atoms with Crippen molar-refractivity contribution in [3.8, 4) is 5.75 Å². The third-order valence-electron chi connectivity index (χ3n) is 4.39. The highest BCUT2D eigenvalue weighted by molar-refractivity contribution is 7.22. The second-order valence-electron chi connectivity index (χ2n) is 6.20. The number of hydrogen-bond donors (Lipinski definition) is 1. The van der Waals surface area contributed by atoms with Crippen molar-refractivity contribution in [2.75, 3.05) is 24.6 Å². The minimum absolute atomic E-state index is 0.676.